The first-order chi connectivity index (χ1) is 12.6. The molecule has 0 unspecified atom stereocenters. The Morgan fingerprint density at radius 2 is 0.769 bits per heavy atom. The van der Waals surface area contributed by atoms with E-state index < -0.39 is 0 Å². The molecule has 4 rings (SSSR count). The average molecular weight is 342 g/mol. The number of anilines is 2. The van der Waals surface area contributed by atoms with Crippen LogP contribution in [0.15, 0.2) is 84.9 Å². The molecular formula is C24H26N2. The highest BCUT2D eigenvalue weighted by Gasteiger charge is 2.01. The van der Waals surface area contributed by atoms with Crippen LogP contribution in [0.4, 0.5) is 11.4 Å². The molecule has 0 heterocycles. The van der Waals surface area contributed by atoms with Crippen molar-refractivity contribution in [2.75, 3.05) is 38.0 Å². The third-order valence-corrected chi connectivity index (χ3v) is 4.50. The lowest BCUT2D eigenvalue weighted by Crippen LogP contribution is -2.08. The summed E-state index contributed by atoms with van der Waals surface area (Å²) in [6.45, 7) is 0. The molecule has 0 aliphatic rings. The lowest BCUT2D eigenvalue weighted by Gasteiger charge is -2.14. The van der Waals surface area contributed by atoms with E-state index in [1.165, 1.54) is 32.9 Å². The SMILES string of the molecule is CN(C)c1cccc2ccccc12.CN(C)c1cccc2ccccc12. The first kappa shape index (κ1) is 17.8. The van der Waals surface area contributed by atoms with Crippen molar-refractivity contribution < 1.29 is 0 Å². The van der Waals surface area contributed by atoms with E-state index in [-0.39, 0.29) is 0 Å². The van der Waals surface area contributed by atoms with Gasteiger partial charge in [-0.2, -0.15) is 0 Å². The van der Waals surface area contributed by atoms with Crippen LogP contribution in [0.25, 0.3) is 21.5 Å². The minimum absolute atomic E-state index is 1.28. The Morgan fingerprint density at radius 1 is 0.423 bits per heavy atom. The highest BCUT2D eigenvalue weighted by molar-refractivity contribution is 5.94. The molecule has 0 N–H and O–H groups in total. The zero-order chi connectivity index (χ0) is 18.5. The van der Waals surface area contributed by atoms with Crippen LogP contribution in [-0.2, 0) is 0 Å². The predicted molar refractivity (Wildman–Crippen MR) is 117 cm³/mol. The molecule has 0 aliphatic carbocycles. The molecule has 26 heavy (non-hydrogen) atoms. The number of rotatable bonds is 2. The van der Waals surface area contributed by atoms with Gasteiger partial charge >= 0.3 is 0 Å². The van der Waals surface area contributed by atoms with Crippen molar-refractivity contribution in [3.8, 4) is 0 Å². The summed E-state index contributed by atoms with van der Waals surface area (Å²) in [5.74, 6) is 0. The van der Waals surface area contributed by atoms with Gasteiger partial charge in [0.15, 0.2) is 0 Å². The lowest BCUT2D eigenvalue weighted by molar-refractivity contribution is 1.14. The van der Waals surface area contributed by atoms with Gasteiger partial charge in [0.05, 0.1) is 0 Å². The molecule has 0 radical (unpaired) electrons. The van der Waals surface area contributed by atoms with Gasteiger partial charge in [-0.3, -0.25) is 0 Å². The van der Waals surface area contributed by atoms with Crippen molar-refractivity contribution in [2.24, 2.45) is 0 Å². The molecule has 0 atom stereocenters. The zero-order valence-electron chi connectivity index (χ0n) is 16.0. The Kier molecular flexibility index (Phi) is 5.43. The minimum Gasteiger partial charge on any atom is -0.377 e. The molecular weight excluding hydrogens is 316 g/mol. The van der Waals surface area contributed by atoms with Crippen LogP contribution >= 0.6 is 0 Å². The van der Waals surface area contributed by atoms with Gasteiger partial charge in [-0.25, -0.2) is 0 Å². The topological polar surface area (TPSA) is 6.48 Å². The van der Waals surface area contributed by atoms with Crippen molar-refractivity contribution >= 4 is 32.9 Å². The standard InChI is InChI=1S/2C12H13N/c2*1-13(2)12-9-5-7-10-6-3-4-8-11(10)12/h2*3-9H,1-2H3. The summed E-state index contributed by atoms with van der Waals surface area (Å²) in [5.41, 5.74) is 2.55. The van der Waals surface area contributed by atoms with Crippen molar-refractivity contribution in [1.82, 2.24) is 0 Å². The Bertz CT molecular complexity index is 909. The number of hydrogen-bond acceptors (Lipinski definition) is 2. The smallest absolute Gasteiger partial charge is 0.0440 e. The zero-order valence-corrected chi connectivity index (χ0v) is 16.0. The fourth-order valence-electron chi connectivity index (χ4n) is 3.20. The van der Waals surface area contributed by atoms with E-state index in [0.29, 0.717) is 0 Å². The van der Waals surface area contributed by atoms with Gasteiger partial charge in [0, 0.05) is 50.3 Å². The quantitative estimate of drug-likeness (QED) is 0.453. The fourth-order valence-corrected chi connectivity index (χ4v) is 3.20. The predicted octanol–water partition coefficient (Wildman–Crippen LogP) is 5.81. The van der Waals surface area contributed by atoms with Crippen LogP contribution in [0.5, 0.6) is 0 Å². The maximum Gasteiger partial charge on any atom is 0.0440 e. The van der Waals surface area contributed by atoms with Gasteiger partial charge < -0.3 is 9.80 Å². The normalized spacial score (nSPS) is 10.3. The van der Waals surface area contributed by atoms with Gasteiger partial charge in [0.25, 0.3) is 0 Å². The van der Waals surface area contributed by atoms with Gasteiger partial charge in [-0.1, -0.05) is 72.8 Å². The maximum atomic E-state index is 2.16. The molecule has 0 aliphatic heterocycles. The summed E-state index contributed by atoms with van der Waals surface area (Å²) in [5, 5.41) is 5.23. The van der Waals surface area contributed by atoms with Gasteiger partial charge in [0.2, 0.25) is 0 Å². The molecule has 2 heteroatoms. The van der Waals surface area contributed by atoms with Crippen LogP contribution in [0, 0.1) is 0 Å². The number of hydrogen-bond donors (Lipinski definition) is 0. The van der Waals surface area contributed by atoms with Crippen molar-refractivity contribution in [3.05, 3.63) is 84.9 Å². The summed E-state index contributed by atoms with van der Waals surface area (Å²) in [6, 6.07) is 29.7. The molecule has 132 valence electrons. The van der Waals surface area contributed by atoms with Gasteiger partial charge in [-0.05, 0) is 22.9 Å². The highest BCUT2D eigenvalue weighted by atomic mass is 15.1. The third kappa shape index (κ3) is 3.80. The summed E-state index contributed by atoms with van der Waals surface area (Å²) in [6.07, 6.45) is 0. The van der Waals surface area contributed by atoms with Crippen molar-refractivity contribution in [2.45, 2.75) is 0 Å². The van der Waals surface area contributed by atoms with E-state index in [0.717, 1.165) is 0 Å². The number of benzene rings is 4. The van der Waals surface area contributed by atoms with E-state index in [9.17, 15) is 0 Å². The molecule has 4 aromatic rings. The van der Waals surface area contributed by atoms with E-state index in [1.807, 2.05) is 0 Å². The van der Waals surface area contributed by atoms with Crippen molar-refractivity contribution in [1.29, 1.82) is 0 Å². The van der Waals surface area contributed by atoms with Crippen LogP contribution in [0.3, 0.4) is 0 Å². The molecule has 0 aromatic heterocycles. The van der Waals surface area contributed by atoms with Crippen LogP contribution in [0.2, 0.25) is 0 Å². The highest BCUT2D eigenvalue weighted by Crippen LogP contribution is 2.25. The second-order valence-electron chi connectivity index (χ2n) is 6.79. The fraction of sp³-hybridized carbons (Fsp3) is 0.167. The molecule has 0 fully saturated rings. The van der Waals surface area contributed by atoms with E-state index in [4.69, 9.17) is 0 Å². The lowest BCUT2D eigenvalue weighted by atomic mass is 10.1. The van der Waals surface area contributed by atoms with Crippen LogP contribution < -0.4 is 9.80 Å². The second-order valence-corrected chi connectivity index (χ2v) is 6.79. The van der Waals surface area contributed by atoms with Crippen molar-refractivity contribution in [3.63, 3.8) is 0 Å². The van der Waals surface area contributed by atoms with Gasteiger partial charge in [0.1, 0.15) is 0 Å². The Balaban J connectivity index is 0.000000151. The first-order valence-corrected chi connectivity index (χ1v) is 8.88. The third-order valence-electron chi connectivity index (χ3n) is 4.50. The van der Waals surface area contributed by atoms with Gasteiger partial charge in [-0.15, -0.1) is 0 Å². The Hall–Kier alpha value is -3.00. The largest absolute Gasteiger partial charge is 0.377 e. The van der Waals surface area contributed by atoms with Crippen LogP contribution in [0.1, 0.15) is 0 Å². The second kappa shape index (κ2) is 7.92. The Labute approximate surface area is 156 Å². The number of fused-ring (bicyclic) bond motifs is 2. The van der Waals surface area contributed by atoms with Crippen LogP contribution in [-0.4, -0.2) is 28.2 Å². The van der Waals surface area contributed by atoms with E-state index in [2.05, 4.69) is 123 Å². The molecule has 0 bridgehead atoms. The maximum absolute atomic E-state index is 2.16. The summed E-state index contributed by atoms with van der Waals surface area (Å²) >= 11 is 0. The average Bonchev–Trinajstić information content (AvgIpc) is 2.67. The summed E-state index contributed by atoms with van der Waals surface area (Å²) in [4.78, 5) is 4.28. The molecule has 0 saturated carbocycles. The molecule has 2 nitrogen and oxygen atoms in total. The molecule has 0 spiro atoms. The molecule has 4 aromatic carbocycles. The molecule has 0 saturated heterocycles. The Morgan fingerprint density at radius 3 is 1.15 bits per heavy atom. The van der Waals surface area contributed by atoms with E-state index >= 15 is 0 Å². The monoisotopic (exact) mass is 342 g/mol. The first-order valence-electron chi connectivity index (χ1n) is 8.88. The minimum atomic E-state index is 1.28. The summed E-state index contributed by atoms with van der Waals surface area (Å²) < 4.78 is 0. The summed E-state index contributed by atoms with van der Waals surface area (Å²) in [7, 11) is 8.28. The molecule has 0 amide bonds. The van der Waals surface area contributed by atoms with E-state index in [1.54, 1.807) is 0 Å². The number of nitrogens with zero attached hydrogens (tertiary/aromatic N) is 2.